The molecule has 5 amide bonds. The Morgan fingerprint density at radius 3 is 1.70 bits per heavy atom. The SMILES string of the molecule is CSCCC(N)C(=O)NC(CO)C(=O)NC(CCC(N)=O)C(=O)NC(CCC(N)=O)C(=O)O. The fraction of sp³-hybridized carbons (Fsp3) is 0.667. The molecule has 0 bridgehead atoms. The van der Waals surface area contributed by atoms with Crippen LogP contribution in [0.25, 0.3) is 0 Å². The maximum absolute atomic E-state index is 12.6. The summed E-state index contributed by atoms with van der Waals surface area (Å²) in [6.07, 6.45) is 0.940. The van der Waals surface area contributed by atoms with Crippen LogP contribution in [0.2, 0.25) is 0 Å². The monoisotopic (exact) mass is 492 g/mol. The van der Waals surface area contributed by atoms with Gasteiger partial charge in [0.25, 0.3) is 0 Å². The van der Waals surface area contributed by atoms with Gasteiger partial charge in [-0.05, 0) is 31.3 Å². The molecule has 188 valence electrons. The molecule has 0 radical (unpaired) electrons. The molecule has 0 saturated heterocycles. The first-order valence-electron chi connectivity index (χ1n) is 9.98. The van der Waals surface area contributed by atoms with Crippen LogP contribution in [0, 0.1) is 0 Å². The largest absolute Gasteiger partial charge is 0.480 e. The summed E-state index contributed by atoms with van der Waals surface area (Å²) < 4.78 is 0. The Kier molecular flexibility index (Phi) is 14.4. The summed E-state index contributed by atoms with van der Waals surface area (Å²) >= 11 is 1.47. The van der Waals surface area contributed by atoms with E-state index in [1.807, 2.05) is 6.26 Å². The van der Waals surface area contributed by atoms with Gasteiger partial charge in [0.05, 0.1) is 12.6 Å². The van der Waals surface area contributed by atoms with E-state index in [9.17, 15) is 39.0 Å². The average Bonchev–Trinajstić information content (AvgIpc) is 2.74. The zero-order chi connectivity index (χ0) is 25.6. The molecule has 0 aliphatic rings. The molecule has 11 N–H and O–H groups in total. The van der Waals surface area contributed by atoms with Crippen molar-refractivity contribution in [1.29, 1.82) is 0 Å². The number of amides is 5. The molecule has 4 unspecified atom stereocenters. The van der Waals surface area contributed by atoms with Crippen LogP contribution in [0.4, 0.5) is 0 Å². The van der Waals surface area contributed by atoms with E-state index in [-0.39, 0.29) is 25.7 Å². The number of nitrogens with one attached hydrogen (secondary N) is 3. The first-order valence-corrected chi connectivity index (χ1v) is 11.4. The minimum Gasteiger partial charge on any atom is -0.480 e. The minimum atomic E-state index is -1.49. The number of carboxylic acid groups (broad SMARTS) is 1. The summed E-state index contributed by atoms with van der Waals surface area (Å²) in [5.74, 6) is -5.01. The minimum absolute atomic E-state index is 0.283. The first-order chi connectivity index (χ1) is 15.4. The second-order valence-electron chi connectivity index (χ2n) is 7.10. The predicted octanol–water partition coefficient (Wildman–Crippen LogP) is -3.87. The lowest BCUT2D eigenvalue weighted by Crippen LogP contribution is -2.58. The number of aliphatic carboxylic acids is 1. The van der Waals surface area contributed by atoms with Crippen LogP contribution >= 0.6 is 11.8 Å². The summed E-state index contributed by atoms with van der Waals surface area (Å²) in [4.78, 5) is 70.6. The van der Waals surface area contributed by atoms with Gasteiger partial charge in [-0.3, -0.25) is 24.0 Å². The van der Waals surface area contributed by atoms with E-state index < -0.39 is 66.3 Å². The lowest BCUT2D eigenvalue weighted by atomic mass is 10.1. The van der Waals surface area contributed by atoms with Crippen molar-refractivity contribution >= 4 is 47.3 Å². The molecule has 14 nitrogen and oxygen atoms in total. The molecule has 0 aliphatic heterocycles. The molecule has 0 aromatic rings. The zero-order valence-electron chi connectivity index (χ0n) is 18.2. The molecule has 0 heterocycles. The molecule has 4 atom stereocenters. The summed E-state index contributed by atoms with van der Waals surface area (Å²) in [5.41, 5.74) is 15.8. The Morgan fingerprint density at radius 2 is 1.24 bits per heavy atom. The van der Waals surface area contributed by atoms with Crippen molar-refractivity contribution in [1.82, 2.24) is 16.0 Å². The number of primary amides is 2. The molecule has 0 rings (SSSR count). The van der Waals surface area contributed by atoms with E-state index in [0.717, 1.165) is 0 Å². The van der Waals surface area contributed by atoms with Crippen LogP contribution in [-0.2, 0) is 28.8 Å². The van der Waals surface area contributed by atoms with Gasteiger partial charge in [0.1, 0.15) is 18.1 Å². The molecule has 0 aliphatic carbocycles. The number of thioether (sulfide) groups is 1. The lowest BCUT2D eigenvalue weighted by Gasteiger charge is -2.24. The third-order valence-corrected chi connectivity index (χ3v) is 5.04. The summed E-state index contributed by atoms with van der Waals surface area (Å²) in [5, 5.41) is 25.4. The number of carbonyl (C=O) groups is 6. The van der Waals surface area contributed by atoms with Gasteiger partial charge in [0.2, 0.25) is 29.5 Å². The van der Waals surface area contributed by atoms with Crippen molar-refractivity contribution in [3.63, 3.8) is 0 Å². The number of carboxylic acids is 1. The summed E-state index contributed by atoms with van der Waals surface area (Å²) in [6.45, 7) is -0.812. The maximum atomic E-state index is 12.6. The predicted molar refractivity (Wildman–Crippen MR) is 118 cm³/mol. The number of rotatable bonds is 17. The van der Waals surface area contributed by atoms with E-state index >= 15 is 0 Å². The molecule has 15 heteroatoms. The Balaban J connectivity index is 5.30. The van der Waals surface area contributed by atoms with Crippen LogP contribution in [0.1, 0.15) is 32.1 Å². The fourth-order valence-electron chi connectivity index (χ4n) is 2.49. The molecular formula is C18H32N6O8S. The maximum Gasteiger partial charge on any atom is 0.326 e. The molecule has 0 aromatic carbocycles. The van der Waals surface area contributed by atoms with Crippen molar-refractivity contribution in [3.05, 3.63) is 0 Å². The first kappa shape index (κ1) is 30.1. The van der Waals surface area contributed by atoms with E-state index in [2.05, 4.69) is 16.0 Å². The van der Waals surface area contributed by atoms with Crippen LogP contribution in [-0.4, -0.2) is 88.5 Å². The lowest BCUT2D eigenvalue weighted by molar-refractivity contribution is -0.142. The number of hydrogen-bond donors (Lipinski definition) is 8. The van der Waals surface area contributed by atoms with Crippen molar-refractivity contribution in [3.8, 4) is 0 Å². The van der Waals surface area contributed by atoms with Crippen molar-refractivity contribution in [2.75, 3.05) is 18.6 Å². The number of aliphatic hydroxyl groups excluding tert-OH is 1. The number of carbonyl (C=O) groups excluding carboxylic acids is 5. The van der Waals surface area contributed by atoms with Crippen LogP contribution < -0.4 is 33.2 Å². The second kappa shape index (κ2) is 15.8. The van der Waals surface area contributed by atoms with Gasteiger partial charge in [-0.1, -0.05) is 0 Å². The molecular weight excluding hydrogens is 460 g/mol. The molecule has 0 spiro atoms. The van der Waals surface area contributed by atoms with Crippen LogP contribution in [0.3, 0.4) is 0 Å². The van der Waals surface area contributed by atoms with Gasteiger partial charge in [0, 0.05) is 12.8 Å². The van der Waals surface area contributed by atoms with Crippen LogP contribution in [0.15, 0.2) is 0 Å². The fourth-order valence-corrected chi connectivity index (χ4v) is 2.98. The van der Waals surface area contributed by atoms with Crippen LogP contribution in [0.5, 0.6) is 0 Å². The van der Waals surface area contributed by atoms with Gasteiger partial charge in [-0.15, -0.1) is 0 Å². The van der Waals surface area contributed by atoms with Crippen molar-refractivity contribution < 1.29 is 39.0 Å². The topological polar surface area (TPSA) is 257 Å². The van der Waals surface area contributed by atoms with Gasteiger partial charge in [-0.2, -0.15) is 11.8 Å². The Morgan fingerprint density at radius 1 is 0.788 bits per heavy atom. The third-order valence-electron chi connectivity index (χ3n) is 4.39. The normalized spacial score (nSPS) is 14.3. The highest BCUT2D eigenvalue weighted by Crippen LogP contribution is 2.04. The Hall–Kier alpha value is -2.91. The Bertz CT molecular complexity index is 722. The molecule has 0 fully saturated rings. The standard InChI is InChI=1S/C18H32N6O8S/c1-33-7-6-9(19)15(28)24-12(8-25)17(30)22-10(2-4-13(20)26)16(29)23-11(18(31)32)3-5-14(21)27/h9-12,25H,2-8,19H2,1H3,(H2,20,26)(H2,21,27)(H,22,30)(H,23,29)(H,24,28)(H,31,32). The molecule has 33 heavy (non-hydrogen) atoms. The number of aliphatic hydroxyl groups is 1. The summed E-state index contributed by atoms with van der Waals surface area (Å²) in [6, 6.07) is -5.28. The quantitative estimate of drug-likeness (QED) is 0.0979. The molecule has 0 saturated carbocycles. The van der Waals surface area contributed by atoms with Crippen molar-refractivity contribution in [2.24, 2.45) is 17.2 Å². The van der Waals surface area contributed by atoms with E-state index in [0.29, 0.717) is 12.2 Å². The van der Waals surface area contributed by atoms with Gasteiger partial charge >= 0.3 is 5.97 Å². The highest BCUT2D eigenvalue weighted by molar-refractivity contribution is 7.98. The Labute approximate surface area is 194 Å². The van der Waals surface area contributed by atoms with E-state index in [4.69, 9.17) is 17.2 Å². The van der Waals surface area contributed by atoms with Gasteiger partial charge in [-0.25, -0.2) is 4.79 Å². The highest BCUT2D eigenvalue weighted by Gasteiger charge is 2.30. The van der Waals surface area contributed by atoms with Gasteiger partial charge < -0.3 is 43.4 Å². The van der Waals surface area contributed by atoms with E-state index in [1.54, 1.807) is 0 Å². The highest BCUT2D eigenvalue weighted by atomic mass is 32.2. The third kappa shape index (κ3) is 12.6. The summed E-state index contributed by atoms with van der Waals surface area (Å²) in [7, 11) is 0. The zero-order valence-corrected chi connectivity index (χ0v) is 19.1. The average molecular weight is 493 g/mol. The second-order valence-corrected chi connectivity index (χ2v) is 8.09. The number of nitrogens with two attached hydrogens (primary N) is 3. The van der Waals surface area contributed by atoms with E-state index in [1.165, 1.54) is 11.8 Å². The van der Waals surface area contributed by atoms with Crippen molar-refractivity contribution in [2.45, 2.75) is 56.3 Å². The van der Waals surface area contributed by atoms with Gasteiger partial charge in [0.15, 0.2) is 0 Å². The molecule has 0 aromatic heterocycles. The smallest absolute Gasteiger partial charge is 0.326 e. The number of hydrogen-bond acceptors (Lipinski definition) is 9.